The molecule has 0 fully saturated rings. The molecule has 0 spiro atoms. The van der Waals surface area contributed by atoms with Crippen LogP contribution in [-0.4, -0.2) is 14.8 Å². The fraction of sp³-hybridized carbons (Fsp3) is 0.333. The summed E-state index contributed by atoms with van der Waals surface area (Å²) in [6.07, 6.45) is -22.3. The van der Waals surface area contributed by atoms with Gasteiger partial charge < -0.3 is 0 Å². The van der Waals surface area contributed by atoms with Gasteiger partial charge in [0.05, 0.1) is 16.8 Å². The van der Waals surface area contributed by atoms with Gasteiger partial charge in [0, 0.05) is 0 Å². The van der Waals surface area contributed by atoms with Gasteiger partial charge in [0.25, 0.3) is 0 Å². The van der Waals surface area contributed by atoms with Gasteiger partial charge in [-0.25, -0.2) is 0 Å². The molecule has 1 heterocycles. The Labute approximate surface area is 140 Å². The number of benzene rings is 1. The molecule has 1 aromatic carbocycles. The fourth-order valence-electron chi connectivity index (χ4n) is 1.96. The van der Waals surface area contributed by atoms with E-state index in [1.54, 1.807) is 0 Å². The van der Waals surface area contributed by atoms with E-state index >= 15 is 0 Å². The van der Waals surface area contributed by atoms with Crippen molar-refractivity contribution in [3.05, 3.63) is 41.0 Å². The standard InChI is InChI=1S/C12H3F12N3/c13-9(14,15)4-1-5(10(16,17)18)3-6(2-4)27-7(11(19,20)21)25-26-8(27)12(22,23)24/h1-3H. The summed E-state index contributed by atoms with van der Waals surface area (Å²) in [4.78, 5) is 0. The Morgan fingerprint density at radius 2 is 0.852 bits per heavy atom. The van der Waals surface area contributed by atoms with Gasteiger partial charge in [-0.2, -0.15) is 52.7 Å². The summed E-state index contributed by atoms with van der Waals surface area (Å²) >= 11 is 0. The van der Waals surface area contributed by atoms with Crippen LogP contribution in [0.3, 0.4) is 0 Å². The molecule has 150 valence electrons. The van der Waals surface area contributed by atoms with Crippen LogP contribution in [0, 0.1) is 0 Å². The molecule has 1 aromatic heterocycles. The van der Waals surface area contributed by atoms with Gasteiger partial charge in [-0.3, -0.25) is 4.57 Å². The molecule has 0 radical (unpaired) electrons. The van der Waals surface area contributed by atoms with Crippen molar-refractivity contribution in [3.63, 3.8) is 0 Å². The molecule has 0 saturated carbocycles. The van der Waals surface area contributed by atoms with Crippen molar-refractivity contribution in [2.24, 2.45) is 0 Å². The maximum atomic E-state index is 12.9. The smallest absolute Gasteiger partial charge is 0.268 e. The third-order valence-corrected chi connectivity index (χ3v) is 3.00. The van der Waals surface area contributed by atoms with Crippen LogP contribution in [0.15, 0.2) is 18.2 Å². The highest BCUT2D eigenvalue weighted by Gasteiger charge is 2.46. The summed E-state index contributed by atoms with van der Waals surface area (Å²) < 4.78 is 153. The lowest BCUT2D eigenvalue weighted by molar-refractivity contribution is -0.153. The van der Waals surface area contributed by atoms with Crippen molar-refractivity contribution in [2.45, 2.75) is 24.7 Å². The van der Waals surface area contributed by atoms with Gasteiger partial charge in [-0.1, -0.05) is 0 Å². The molecule has 0 aliphatic heterocycles. The van der Waals surface area contributed by atoms with Crippen LogP contribution in [0.1, 0.15) is 22.8 Å². The van der Waals surface area contributed by atoms with E-state index in [1.807, 2.05) is 0 Å². The van der Waals surface area contributed by atoms with Gasteiger partial charge in [0.1, 0.15) is 0 Å². The van der Waals surface area contributed by atoms with Crippen LogP contribution < -0.4 is 0 Å². The highest BCUT2D eigenvalue weighted by molar-refractivity contribution is 5.44. The predicted molar refractivity (Wildman–Crippen MR) is 61.4 cm³/mol. The van der Waals surface area contributed by atoms with E-state index < -0.39 is 63.8 Å². The molecule has 0 atom stereocenters. The van der Waals surface area contributed by atoms with Crippen LogP contribution in [0.4, 0.5) is 52.7 Å². The quantitative estimate of drug-likeness (QED) is 0.587. The second-order valence-electron chi connectivity index (χ2n) is 4.94. The Morgan fingerprint density at radius 3 is 1.11 bits per heavy atom. The lowest BCUT2D eigenvalue weighted by Crippen LogP contribution is -2.21. The van der Waals surface area contributed by atoms with E-state index in [4.69, 9.17) is 0 Å². The van der Waals surface area contributed by atoms with Gasteiger partial charge in [-0.15, -0.1) is 10.2 Å². The lowest BCUT2D eigenvalue weighted by Gasteiger charge is -2.18. The third-order valence-electron chi connectivity index (χ3n) is 3.00. The highest BCUT2D eigenvalue weighted by Crippen LogP contribution is 2.40. The van der Waals surface area contributed by atoms with Crippen LogP contribution in [-0.2, 0) is 24.7 Å². The summed E-state index contributed by atoms with van der Waals surface area (Å²) in [6, 6.07) is -1.06. The van der Waals surface area contributed by atoms with E-state index in [9.17, 15) is 52.7 Å². The number of nitrogens with zero attached hydrogens (tertiary/aromatic N) is 3. The summed E-state index contributed by atoms with van der Waals surface area (Å²) in [5.74, 6) is -4.88. The molecular weight excluding hydrogens is 414 g/mol. The first-order valence-electron chi connectivity index (χ1n) is 6.32. The molecule has 0 amide bonds. The van der Waals surface area contributed by atoms with Crippen LogP contribution in [0.5, 0.6) is 0 Å². The molecule has 0 saturated heterocycles. The van der Waals surface area contributed by atoms with Crippen LogP contribution in [0.2, 0.25) is 0 Å². The maximum absolute atomic E-state index is 12.9. The van der Waals surface area contributed by atoms with Crippen molar-refractivity contribution >= 4 is 0 Å². The molecule has 2 rings (SSSR count). The van der Waals surface area contributed by atoms with Crippen molar-refractivity contribution < 1.29 is 52.7 Å². The first-order chi connectivity index (χ1) is 11.9. The zero-order chi connectivity index (χ0) is 21.0. The lowest BCUT2D eigenvalue weighted by atomic mass is 10.1. The Kier molecular flexibility index (Phi) is 4.64. The van der Waals surface area contributed by atoms with Gasteiger partial charge in [0.2, 0.25) is 11.6 Å². The Bertz CT molecular complexity index is 774. The van der Waals surface area contributed by atoms with Crippen LogP contribution >= 0.6 is 0 Å². The Morgan fingerprint density at radius 1 is 0.519 bits per heavy atom. The number of alkyl halides is 12. The zero-order valence-corrected chi connectivity index (χ0v) is 12.1. The normalized spacial score (nSPS) is 13.9. The van der Waals surface area contributed by atoms with E-state index in [2.05, 4.69) is 10.2 Å². The van der Waals surface area contributed by atoms with Crippen molar-refractivity contribution in [3.8, 4) is 5.69 Å². The second-order valence-corrected chi connectivity index (χ2v) is 4.94. The van der Waals surface area contributed by atoms with Gasteiger partial charge >= 0.3 is 24.7 Å². The minimum atomic E-state index is -5.65. The average molecular weight is 417 g/mol. The first kappa shape index (κ1) is 20.8. The summed E-state index contributed by atoms with van der Waals surface area (Å²) in [7, 11) is 0. The summed E-state index contributed by atoms with van der Waals surface area (Å²) in [6.45, 7) is 0. The summed E-state index contributed by atoms with van der Waals surface area (Å²) in [5, 5.41) is 4.44. The highest BCUT2D eigenvalue weighted by atomic mass is 19.4. The minimum Gasteiger partial charge on any atom is -0.268 e. The summed E-state index contributed by atoms with van der Waals surface area (Å²) in [5.41, 5.74) is -5.92. The monoisotopic (exact) mass is 417 g/mol. The largest absolute Gasteiger partial charge is 0.452 e. The predicted octanol–water partition coefficient (Wildman–Crippen LogP) is 5.34. The molecule has 3 nitrogen and oxygen atoms in total. The number of aromatic nitrogens is 3. The molecule has 0 N–H and O–H groups in total. The molecule has 0 aliphatic rings. The third kappa shape index (κ3) is 4.27. The van der Waals surface area contributed by atoms with E-state index in [-0.39, 0.29) is 12.1 Å². The minimum absolute atomic E-state index is 0.303. The van der Waals surface area contributed by atoms with Crippen molar-refractivity contribution in [2.75, 3.05) is 0 Å². The first-order valence-corrected chi connectivity index (χ1v) is 6.32. The molecule has 27 heavy (non-hydrogen) atoms. The van der Waals surface area contributed by atoms with Crippen molar-refractivity contribution in [1.82, 2.24) is 14.8 Å². The zero-order valence-electron chi connectivity index (χ0n) is 12.1. The Balaban J connectivity index is 2.91. The average Bonchev–Trinajstić information content (AvgIpc) is 2.89. The number of hydrogen-bond acceptors (Lipinski definition) is 2. The molecular formula is C12H3F12N3. The number of halogens is 12. The molecule has 0 unspecified atom stereocenters. The number of hydrogen-bond donors (Lipinski definition) is 0. The topological polar surface area (TPSA) is 30.7 Å². The maximum Gasteiger partial charge on any atom is 0.452 e. The van der Waals surface area contributed by atoms with E-state index in [1.165, 1.54) is 0 Å². The molecule has 15 heteroatoms. The van der Waals surface area contributed by atoms with Gasteiger partial charge in [0.15, 0.2) is 0 Å². The SMILES string of the molecule is FC(F)(F)c1cc(-n2c(C(F)(F)F)nnc2C(F)(F)F)cc(C(F)(F)F)c1. The van der Waals surface area contributed by atoms with Gasteiger partial charge in [-0.05, 0) is 18.2 Å². The number of rotatable bonds is 1. The second kappa shape index (κ2) is 6.02. The molecule has 0 bridgehead atoms. The fourth-order valence-corrected chi connectivity index (χ4v) is 1.96. The molecule has 2 aromatic rings. The van der Waals surface area contributed by atoms with E-state index in [0.717, 1.165) is 0 Å². The van der Waals surface area contributed by atoms with Crippen LogP contribution in [0.25, 0.3) is 5.69 Å². The Hall–Kier alpha value is -2.48. The van der Waals surface area contributed by atoms with Crippen molar-refractivity contribution in [1.29, 1.82) is 0 Å². The van der Waals surface area contributed by atoms with E-state index in [0.29, 0.717) is 0 Å². The molecule has 0 aliphatic carbocycles.